The summed E-state index contributed by atoms with van der Waals surface area (Å²) in [5.74, 6) is -0.0957. The number of carbonyl (C=O) groups is 1. The molecule has 0 aromatic heterocycles. The molecule has 4 rings (SSSR count). The van der Waals surface area contributed by atoms with E-state index < -0.39 is 22.4 Å². The Morgan fingerprint density at radius 1 is 1.06 bits per heavy atom. The zero-order valence-electron chi connectivity index (χ0n) is 18.3. The quantitative estimate of drug-likeness (QED) is 0.445. The molecular weight excluding hydrogens is 435 g/mol. The third-order valence-electron chi connectivity index (χ3n) is 6.77. The van der Waals surface area contributed by atoms with Crippen LogP contribution in [0.1, 0.15) is 48.4 Å². The highest BCUT2D eigenvalue weighted by Gasteiger charge is 2.38. The van der Waals surface area contributed by atoms with Crippen molar-refractivity contribution in [1.82, 2.24) is 4.90 Å². The van der Waals surface area contributed by atoms with E-state index in [2.05, 4.69) is 6.07 Å². The molecule has 0 radical (unpaired) electrons. The van der Waals surface area contributed by atoms with Gasteiger partial charge in [0.25, 0.3) is 5.69 Å². The second kappa shape index (κ2) is 9.03. The van der Waals surface area contributed by atoms with Crippen LogP contribution in [-0.2, 0) is 11.0 Å². The maximum Gasteiger partial charge on any atom is 0.416 e. The summed E-state index contributed by atoms with van der Waals surface area (Å²) in [4.78, 5) is 27.7. The Bertz CT molecular complexity index is 1050. The third-order valence-corrected chi connectivity index (χ3v) is 6.77. The van der Waals surface area contributed by atoms with E-state index in [1.165, 1.54) is 5.56 Å². The molecule has 1 amide bonds. The highest BCUT2D eigenvalue weighted by molar-refractivity contribution is 5.80. The molecule has 0 bridgehead atoms. The predicted octanol–water partition coefficient (Wildman–Crippen LogP) is 5.50. The first-order valence-electron chi connectivity index (χ1n) is 11.1. The third kappa shape index (κ3) is 4.67. The number of likely N-dealkylation sites (tertiary alicyclic amines) is 1. The van der Waals surface area contributed by atoms with E-state index in [1.807, 2.05) is 30.0 Å². The number of carbonyl (C=O) groups excluding carboxylic acids is 1. The highest BCUT2D eigenvalue weighted by Crippen LogP contribution is 2.39. The van der Waals surface area contributed by atoms with Gasteiger partial charge in [-0.15, -0.1) is 0 Å². The van der Waals surface area contributed by atoms with Crippen LogP contribution in [0.5, 0.6) is 0 Å². The molecule has 1 unspecified atom stereocenters. The summed E-state index contributed by atoms with van der Waals surface area (Å²) in [6, 6.07) is 10.8. The van der Waals surface area contributed by atoms with E-state index in [4.69, 9.17) is 0 Å². The van der Waals surface area contributed by atoms with Crippen LogP contribution < -0.4 is 4.90 Å². The summed E-state index contributed by atoms with van der Waals surface area (Å²) in [5.41, 5.74) is 0.888. The van der Waals surface area contributed by atoms with Gasteiger partial charge >= 0.3 is 6.18 Å². The van der Waals surface area contributed by atoms with Gasteiger partial charge in [-0.2, -0.15) is 13.2 Å². The standard InChI is InChI=1S/C24H26F3N3O3/c1-16-5-2-3-6-19(16)20-7-4-12-29(20)23(31)17-10-13-28(14-11-17)21-9-8-18(24(25,26)27)15-22(21)30(32)33/h2-3,5-6,8-9,15,17,20H,4,7,10-14H2,1H3. The van der Waals surface area contributed by atoms with Crippen LogP contribution in [0.25, 0.3) is 0 Å². The Labute approximate surface area is 190 Å². The molecule has 0 saturated carbocycles. The molecule has 176 valence electrons. The van der Waals surface area contributed by atoms with Crippen molar-refractivity contribution in [3.63, 3.8) is 0 Å². The van der Waals surface area contributed by atoms with Crippen molar-refractivity contribution in [3.8, 4) is 0 Å². The number of alkyl halides is 3. The van der Waals surface area contributed by atoms with Gasteiger partial charge < -0.3 is 9.80 Å². The van der Waals surface area contributed by atoms with E-state index in [9.17, 15) is 28.1 Å². The summed E-state index contributed by atoms with van der Waals surface area (Å²) in [5, 5.41) is 11.4. The van der Waals surface area contributed by atoms with Gasteiger partial charge in [-0.25, -0.2) is 0 Å². The second-order valence-corrected chi connectivity index (χ2v) is 8.77. The lowest BCUT2D eigenvalue weighted by Gasteiger charge is -2.36. The lowest BCUT2D eigenvalue weighted by Crippen LogP contribution is -2.42. The Morgan fingerprint density at radius 2 is 1.76 bits per heavy atom. The number of hydrogen-bond donors (Lipinski definition) is 0. The van der Waals surface area contributed by atoms with Crippen LogP contribution in [0.2, 0.25) is 0 Å². The number of anilines is 1. The van der Waals surface area contributed by atoms with Crippen LogP contribution >= 0.6 is 0 Å². The minimum atomic E-state index is -4.65. The lowest BCUT2D eigenvalue weighted by atomic mass is 9.93. The number of piperidine rings is 1. The monoisotopic (exact) mass is 461 g/mol. The highest BCUT2D eigenvalue weighted by atomic mass is 19.4. The molecule has 0 aliphatic carbocycles. The molecule has 2 fully saturated rings. The summed E-state index contributed by atoms with van der Waals surface area (Å²) in [6.07, 6.45) is -1.76. The van der Waals surface area contributed by atoms with E-state index in [-0.39, 0.29) is 23.6 Å². The van der Waals surface area contributed by atoms with Gasteiger partial charge in [0.15, 0.2) is 0 Å². The molecule has 9 heteroatoms. The summed E-state index contributed by atoms with van der Waals surface area (Å²) in [6.45, 7) is 3.52. The van der Waals surface area contributed by atoms with Crippen molar-refractivity contribution in [2.45, 2.75) is 44.8 Å². The van der Waals surface area contributed by atoms with Crippen LogP contribution in [0.4, 0.5) is 24.5 Å². The minimum Gasteiger partial charge on any atom is -0.366 e. The van der Waals surface area contributed by atoms with Crippen LogP contribution in [0.3, 0.4) is 0 Å². The molecule has 1 atom stereocenters. The number of nitro groups is 1. The minimum absolute atomic E-state index is 0.0627. The van der Waals surface area contributed by atoms with Crippen LogP contribution in [0, 0.1) is 23.0 Å². The first kappa shape index (κ1) is 23.1. The molecule has 2 aromatic rings. The van der Waals surface area contributed by atoms with E-state index in [0.717, 1.165) is 30.5 Å². The number of aryl methyl sites for hydroxylation is 1. The number of nitro benzene ring substituents is 1. The molecule has 2 saturated heterocycles. The van der Waals surface area contributed by atoms with Crippen molar-refractivity contribution in [2.75, 3.05) is 24.5 Å². The Balaban J connectivity index is 1.46. The Morgan fingerprint density at radius 3 is 2.39 bits per heavy atom. The number of halogens is 3. The smallest absolute Gasteiger partial charge is 0.366 e. The van der Waals surface area contributed by atoms with Gasteiger partial charge in [0.2, 0.25) is 5.91 Å². The van der Waals surface area contributed by atoms with E-state index in [1.54, 1.807) is 4.90 Å². The summed E-state index contributed by atoms with van der Waals surface area (Å²) >= 11 is 0. The maximum atomic E-state index is 13.3. The molecular formula is C24H26F3N3O3. The first-order chi connectivity index (χ1) is 15.7. The van der Waals surface area contributed by atoms with Gasteiger partial charge in [-0.05, 0) is 55.9 Å². The molecule has 33 heavy (non-hydrogen) atoms. The Hall–Kier alpha value is -3.10. The van der Waals surface area contributed by atoms with Gasteiger partial charge in [0.1, 0.15) is 5.69 Å². The SMILES string of the molecule is Cc1ccccc1C1CCCN1C(=O)C1CCN(c2ccc(C(F)(F)F)cc2[N+](=O)[O-])CC1. The van der Waals surface area contributed by atoms with E-state index in [0.29, 0.717) is 38.5 Å². The normalized spacial score (nSPS) is 19.7. The van der Waals surface area contributed by atoms with Gasteiger partial charge in [0.05, 0.1) is 16.5 Å². The molecule has 2 heterocycles. The molecule has 2 aliphatic rings. The molecule has 2 aromatic carbocycles. The van der Waals surface area contributed by atoms with Crippen LogP contribution in [-0.4, -0.2) is 35.4 Å². The van der Waals surface area contributed by atoms with Crippen LogP contribution in [0.15, 0.2) is 42.5 Å². The summed E-state index contributed by atoms with van der Waals surface area (Å²) < 4.78 is 39.0. The lowest BCUT2D eigenvalue weighted by molar-refractivity contribution is -0.384. The first-order valence-corrected chi connectivity index (χ1v) is 11.1. The number of benzene rings is 2. The largest absolute Gasteiger partial charge is 0.416 e. The predicted molar refractivity (Wildman–Crippen MR) is 118 cm³/mol. The fraction of sp³-hybridized carbons (Fsp3) is 0.458. The second-order valence-electron chi connectivity index (χ2n) is 8.77. The topological polar surface area (TPSA) is 66.7 Å². The van der Waals surface area contributed by atoms with Gasteiger partial charge in [-0.3, -0.25) is 14.9 Å². The number of rotatable bonds is 4. The van der Waals surface area contributed by atoms with Gasteiger partial charge in [-0.1, -0.05) is 24.3 Å². The fourth-order valence-corrected chi connectivity index (χ4v) is 5.03. The zero-order valence-corrected chi connectivity index (χ0v) is 18.3. The van der Waals surface area contributed by atoms with Crippen molar-refractivity contribution in [2.24, 2.45) is 5.92 Å². The summed E-state index contributed by atoms with van der Waals surface area (Å²) in [7, 11) is 0. The Kier molecular flexibility index (Phi) is 6.32. The van der Waals surface area contributed by atoms with Crippen molar-refractivity contribution in [3.05, 3.63) is 69.3 Å². The zero-order chi connectivity index (χ0) is 23.8. The average Bonchev–Trinajstić information content (AvgIpc) is 3.27. The average molecular weight is 461 g/mol. The fourth-order valence-electron chi connectivity index (χ4n) is 5.03. The molecule has 0 N–H and O–H groups in total. The number of amides is 1. The molecule has 0 spiro atoms. The van der Waals surface area contributed by atoms with Crippen molar-refractivity contribution in [1.29, 1.82) is 0 Å². The van der Waals surface area contributed by atoms with Gasteiger partial charge in [0, 0.05) is 31.6 Å². The maximum absolute atomic E-state index is 13.3. The van der Waals surface area contributed by atoms with E-state index >= 15 is 0 Å². The van der Waals surface area contributed by atoms with Crippen molar-refractivity contribution >= 4 is 17.3 Å². The van der Waals surface area contributed by atoms with Crippen molar-refractivity contribution < 1.29 is 22.9 Å². The number of nitrogens with zero attached hydrogens (tertiary/aromatic N) is 3. The molecule has 6 nitrogen and oxygen atoms in total. The number of hydrogen-bond acceptors (Lipinski definition) is 4. The molecule has 2 aliphatic heterocycles.